The molecular formula is C9H15NO. The van der Waals surface area contributed by atoms with Crippen LogP contribution in [0.25, 0.3) is 0 Å². The van der Waals surface area contributed by atoms with Crippen LogP contribution in [0.3, 0.4) is 0 Å². The van der Waals surface area contributed by atoms with Gasteiger partial charge in [0.1, 0.15) is 5.78 Å². The van der Waals surface area contributed by atoms with Gasteiger partial charge in [0, 0.05) is 24.4 Å². The maximum atomic E-state index is 11.4. The molecule has 0 spiro atoms. The van der Waals surface area contributed by atoms with Crippen molar-refractivity contribution in [2.24, 2.45) is 5.92 Å². The van der Waals surface area contributed by atoms with Crippen LogP contribution < -0.4 is 0 Å². The molecule has 2 heteroatoms. The van der Waals surface area contributed by atoms with E-state index in [1.165, 1.54) is 12.8 Å². The van der Waals surface area contributed by atoms with E-state index in [0.29, 0.717) is 23.8 Å². The van der Waals surface area contributed by atoms with E-state index < -0.39 is 0 Å². The molecule has 2 bridgehead atoms. The topological polar surface area (TPSA) is 20.3 Å². The van der Waals surface area contributed by atoms with Gasteiger partial charge in [-0.25, -0.2) is 0 Å². The number of hydrogen-bond donors (Lipinski definition) is 0. The Hall–Kier alpha value is -0.370. The van der Waals surface area contributed by atoms with Gasteiger partial charge in [-0.05, 0) is 19.9 Å². The summed E-state index contributed by atoms with van der Waals surface area (Å²) in [5, 5.41) is 0. The maximum absolute atomic E-state index is 11.4. The van der Waals surface area contributed by atoms with Crippen molar-refractivity contribution < 1.29 is 4.79 Å². The molecule has 2 aliphatic heterocycles. The van der Waals surface area contributed by atoms with Crippen molar-refractivity contribution in [1.29, 1.82) is 0 Å². The molecule has 0 radical (unpaired) electrons. The van der Waals surface area contributed by atoms with Crippen LogP contribution in [-0.4, -0.2) is 29.8 Å². The van der Waals surface area contributed by atoms with Gasteiger partial charge < -0.3 is 0 Å². The summed E-state index contributed by atoms with van der Waals surface area (Å²) >= 11 is 0. The average molecular weight is 153 g/mol. The van der Waals surface area contributed by atoms with E-state index in [2.05, 4.69) is 18.9 Å². The normalized spacial score (nSPS) is 44.9. The van der Waals surface area contributed by atoms with E-state index in [4.69, 9.17) is 0 Å². The van der Waals surface area contributed by atoms with Crippen molar-refractivity contribution in [2.45, 2.75) is 38.3 Å². The fourth-order valence-corrected chi connectivity index (χ4v) is 2.52. The van der Waals surface area contributed by atoms with Crippen molar-refractivity contribution in [2.75, 3.05) is 7.05 Å². The number of piperidine rings is 1. The standard InChI is InChI=1S/C9H15NO/c1-6-8-4-3-7(10(8)2)5-9(6)11/h6-8H,3-5H2,1-2H3. The molecule has 2 fully saturated rings. The molecule has 3 atom stereocenters. The second-order valence-electron chi connectivity index (χ2n) is 3.92. The summed E-state index contributed by atoms with van der Waals surface area (Å²) in [7, 11) is 2.16. The third kappa shape index (κ3) is 0.924. The van der Waals surface area contributed by atoms with Gasteiger partial charge in [0.15, 0.2) is 0 Å². The lowest BCUT2D eigenvalue weighted by Gasteiger charge is -2.34. The van der Waals surface area contributed by atoms with Crippen LogP contribution >= 0.6 is 0 Å². The van der Waals surface area contributed by atoms with Gasteiger partial charge in [0.2, 0.25) is 0 Å². The number of rotatable bonds is 0. The molecular weight excluding hydrogens is 138 g/mol. The van der Waals surface area contributed by atoms with Crippen LogP contribution in [0.4, 0.5) is 0 Å². The van der Waals surface area contributed by atoms with Crippen molar-refractivity contribution in [3.8, 4) is 0 Å². The summed E-state index contributed by atoms with van der Waals surface area (Å²) < 4.78 is 0. The summed E-state index contributed by atoms with van der Waals surface area (Å²) in [5.74, 6) is 0.773. The number of Topliss-reactive ketones (excluding diaryl/α,β-unsaturated/α-hetero) is 1. The molecule has 2 aliphatic rings. The SMILES string of the molecule is CC1C(=O)CC2CCC1N2C. The second-order valence-corrected chi connectivity index (χ2v) is 3.92. The molecule has 2 nitrogen and oxygen atoms in total. The van der Waals surface area contributed by atoms with Gasteiger partial charge in [-0.1, -0.05) is 6.92 Å². The third-order valence-electron chi connectivity index (χ3n) is 3.42. The first-order chi connectivity index (χ1) is 5.20. The Morgan fingerprint density at radius 3 is 2.91 bits per heavy atom. The summed E-state index contributed by atoms with van der Waals surface area (Å²) in [6.45, 7) is 2.07. The van der Waals surface area contributed by atoms with E-state index >= 15 is 0 Å². The molecule has 2 rings (SSSR count). The first-order valence-electron chi connectivity index (χ1n) is 4.45. The Kier molecular flexibility index (Phi) is 1.53. The number of nitrogens with zero attached hydrogens (tertiary/aromatic N) is 1. The molecule has 2 saturated heterocycles. The van der Waals surface area contributed by atoms with E-state index in [9.17, 15) is 4.79 Å². The predicted octanol–water partition coefficient (Wildman–Crippen LogP) is 1.06. The van der Waals surface area contributed by atoms with Crippen LogP contribution in [0.15, 0.2) is 0 Å². The number of ketones is 1. The second kappa shape index (κ2) is 2.31. The van der Waals surface area contributed by atoms with Crippen LogP contribution in [0.2, 0.25) is 0 Å². The van der Waals surface area contributed by atoms with Gasteiger partial charge in [-0.3, -0.25) is 9.69 Å². The van der Waals surface area contributed by atoms with Crippen molar-refractivity contribution in [3.63, 3.8) is 0 Å². The Labute approximate surface area is 67.6 Å². The zero-order valence-corrected chi connectivity index (χ0v) is 7.21. The van der Waals surface area contributed by atoms with Crippen LogP contribution in [0.5, 0.6) is 0 Å². The fourth-order valence-electron chi connectivity index (χ4n) is 2.52. The van der Waals surface area contributed by atoms with Gasteiger partial charge in [0.05, 0.1) is 0 Å². The quantitative estimate of drug-likeness (QED) is 0.518. The first-order valence-corrected chi connectivity index (χ1v) is 4.45. The molecule has 2 heterocycles. The Morgan fingerprint density at radius 2 is 2.18 bits per heavy atom. The average Bonchev–Trinajstić information content (AvgIpc) is 2.23. The van der Waals surface area contributed by atoms with E-state index in [-0.39, 0.29) is 0 Å². The lowest BCUT2D eigenvalue weighted by molar-refractivity contribution is -0.127. The first kappa shape index (κ1) is 7.29. The smallest absolute Gasteiger partial charge is 0.138 e. The molecule has 0 aromatic rings. The molecule has 11 heavy (non-hydrogen) atoms. The highest BCUT2D eigenvalue weighted by atomic mass is 16.1. The lowest BCUT2D eigenvalue weighted by Crippen LogP contribution is -2.45. The minimum absolute atomic E-state index is 0.291. The van der Waals surface area contributed by atoms with Gasteiger partial charge >= 0.3 is 0 Å². The summed E-state index contributed by atoms with van der Waals surface area (Å²) in [6.07, 6.45) is 3.26. The lowest BCUT2D eigenvalue weighted by atomic mass is 9.91. The highest BCUT2D eigenvalue weighted by molar-refractivity contribution is 5.83. The summed E-state index contributed by atoms with van der Waals surface area (Å²) in [5.41, 5.74) is 0. The largest absolute Gasteiger partial charge is 0.299 e. The molecule has 0 aliphatic carbocycles. The van der Waals surface area contributed by atoms with Crippen molar-refractivity contribution in [3.05, 3.63) is 0 Å². The predicted molar refractivity (Wildman–Crippen MR) is 43.4 cm³/mol. The minimum atomic E-state index is 0.291. The minimum Gasteiger partial charge on any atom is -0.299 e. The number of carbonyl (C=O) groups is 1. The molecule has 0 aromatic heterocycles. The van der Waals surface area contributed by atoms with E-state index in [1.54, 1.807) is 0 Å². The van der Waals surface area contributed by atoms with Crippen LogP contribution in [0.1, 0.15) is 26.2 Å². The molecule has 0 aromatic carbocycles. The van der Waals surface area contributed by atoms with E-state index in [1.807, 2.05) is 0 Å². The van der Waals surface area contributed by atoms with Gasteiger partial charge in [0.25, 0.3) is 0 Å². The number of carbonyl (C=O) groups excluding carboxylic acids is 1. The summed E-state index contributed by atoms with van der Waals surface area (Å²) in [4.78, 5) is 13.8. The van der Waals surface area contributed by atoms with Crippen LogP contribution in [-0.2, 0) is 4.79 Å². The number of hydrogen-bond acceptors (Lipinski definition) is 2. The van der Waals surface area contributed by atoms with E-state index in [0.717, 1.165) is 6.42 Å². The van der Waals surface area contributed by atoms with Gasteiger partial charge in [-0.15, -0.1) is 0 Å². The monoisotopic (exact) mass is 153 g/mol. The Balaban J connectivity index is 2.22. The molecule has 0 amide bonds. The number of fused-ring (bicyclic) bond motifs is 2. The van der Waals surface area contributed by atoms with Crippen molar-refractivity contribution >= 4 is 5.78 Å². The molecule has 0 saturated carbocycles. The van der Waals surface area contributed by atoms with Crippen molar-refractivity contribution in [1.82, 2.24) is 4.90 Å². The molecule has 0 N–H and O–H groups in total. The highest BCUT2D eigenvalue weighted by Gasteiger charge is 2.42. The Morgan fingerprint density at radius 1 is 1.45 bits per heavy atom. The Bertz CT molecular complexity index is 190. The highest BCUT2D eigenvalue weighted by Crippen LogP contribution is 2.35. The molecule has 3 unspecified atom stereocenters. The van der Waals surface area contributed by atoms with Gasteiger partial charge in [-0.2, -0.15) is 0 Å². The summed E-state index contributed by atoms with van der Waals surface area (Å²) in [6, 6.07) is 1.13. The third-order valence-corrected chi connectivity index (χ3v) is 3.42. The maximum Gasteiger partial charge on any atom is 0.138 e. The zero-order valence-electron chi connectivity index (χ0n) is 7.21. The van der Waals surface area contributed by atoms with Crippen LogP contribution in [0, 0.1) is 5.92 Å². The fraction of sp³-hybridized carbons (Fsp3) is 0.889. The zero-order chi connectivity index (χ0) is 8.01. The molecule has 62 valence electrons.